The van der Waals surface area contributed by atoms with Gasteiger partial charge in [-0.05, 0) is 92.1 Å². The van der Waals surface area contributed by atoms with Crippen LogP contribution in [0.2, 0.25) is 0 Å². The van der Waals surface area contributed by atoms with E-state index in [1.807, 2.05) is 26.8 Å². The zero-order valence-electron chi connectivity index (χ0n) is 28.4. The molecular weight excluding hydrogens is 579 g/mol. The molecule has 0 saturated carbocycles. The Kier molecular flexibility index (Phi) is 11.2. The minimum Gasteiger partial charge on any atom is -0.494 e. The van der Waals surface area contributed by atoms with Gasteiger partial charge in [-0.25, -0.2) is 4.39 Å². The molecular formula is C38H53FN4O3. The molecule has 1 aromatic heterocycles. The van der Waals surface area contributed by atoms with E-state index in [0.29, 0.717) is 19.0 Å². The van der Waals surface area contributed by atoms with Crippen LogP contribution in [-0.2, 0) is 17.8 Å². The van der Waals surface area contributed by atoms with Gasteiger partial charge in [-0.2, -0.15) is 5.10 Å². The highest BCUT2D eigenvalue weighted by Crippen LogP contribution is 2.39. The van der Waals surface area contributed by atoms with E-state index in [1.165, 1.54) is 17.3 Å². The maximum atomic E-state index is 14.3. The summed E-state index contributed by atoms with van der Waals surface area (Å²) in [5.41, 5.74) is 4.24. The zero-order valence-corrected chi connectivity index (χ0v) is 28.4. The first-order valence-electron chi connectivity index (χ1n) is 17.3. The molecule has 0 radical (unpaired) electrons. The van der Waals surface area contributed by atoms with Crippen molar-refractivity contribution in [3.63, 3.8) is 0 Å². The van der Waals surface area contributed by atoms with Crippen LogP contribution in [0.5, 0.6) is 5.75 Å². The first kappa shape index (κ1) is 34.1. The quantitative estimate of drug-likeness (QED) is 0.201. The molecule has 5 rings (SSSR count). The van der Waals surface area contributed by atoms with Gasteiger partial charge in [0.1, 0.15) is 17.6 Å². The van der Waals surface area contributed by atoms with Crippen molar-refractivity contribution < 1.29 is 19.0 Å². The highest BCUT2D eigenvalue weighted by Gasteiger charge is 2.44. The summed E-state index contributed by atoms with van der Waals surface area (Å²) < 4.78 is 22.3. The topological polar surface area (TPSA) is 70.8 Å². The molecule has 1 N–H and O–H groups in total. The van der Waals surface area contributed by atoms with Crippen molar-refractivity contribution in [3.05, 3.63) is 82.9 Å². The van der Waals surface area contributed by atoms with Crippen LogP contribution in [0, 0.1) is 17.2 Å². The minimum absolute atomic E-state index is 0.0960. The number of aryl methyl sites for hydroxylation is 1. The fourth-order valence-corrected chi connectivity index (χ4v) is 7.63. The Morgan fingerprint density at radius 1 is 1.07 bits per heavy atom. The van der Waals surface area contributed by atoms with Crippen molar-refractivity contribution in [2.24, 2.45) is 11.3 Å². The highest BCUT2D eigenvalue weighted by molar-refractivity contribution is 5.74. The lowest BCUT2D eigenvalue weighted by atomic mass is 9.85. The number of aliphatic carboxylic acids is 1. The van der Waals surface area contributed by atoms with Gasteiger partial charge in [0, 0.05) is 50.1 Å². The molecule has 0 spiro atoms. The molecule has 3 aromatic rings. The lowest BCUT2D eigenvalue weighted by molar-refractivity contribution is -0.147. The molecule has 2 aromatic carbocycles. The number of hydrogen-bond donors (Lipinski definition) is 1. The number of benzene rings is 2. The van der Waals surface area contributed by atoms with Gasteiger partial charge in [-0.15, -0.1) is 0 Å². The molecule has 2 fully saturated rings. The number of carboxylic acids is 1. The van der Waals surface area contributed by atoms with Crippen LogP contribution in [-0.4, -0.2) is 76.0 Å². The van der Waals surface area contributed by atoms with E-state index in [4.69, 9.17) is 9.84 Å². The molecule has 0 amide bonds. The molecule has 0 aliphatic carbocycles. The van der Waals surface area contributed by atoms with Gasteiger partial charge >= 0.3 is 5.97 Å². The van der Waals surface area contributed by atoms with Crippen LogP contribution < -0.4 is 4.74 Å². The Balaban J connectivity index is 1.22. The first-order valence-corrected chi connectivity index (χ1v) is 17.3. The van der Waals surface area contributed by atoms with Gasteiger partial charge in [-0.1, -0.05) is 58.4 Å². The average molecular weight is 633 g/mol. The van der Waals surface area contributed by atoms with Gasteiger partial charge < -0.3 is 14.7 Å². The second-order valence-electron chi connectivity index (χ2n) is 14.5. The number of carbonyl (C=O) groups is 1. The molecule has 2 aliphatic heterocycles. The number of unbranched alkanes of at least 4 members (excludes halogenated alkanes) is 1. The Morgan fingerprint density at radius 3 is 2.43 bits per heavy atom. The van der Waals surface area contributed by atoms with E-state index >= 15 is 0 Å². The van der Waals surface area contributed by atoms with Gasteiger partial charge in [0.15, 0.2) is 0 Å². The number of rotatable bonds is 13. The van der Waals surface area contributed by atoms with E-state index in [1.54, 1.807) is 12.1 Å². The monoisotopic (exact) mass is 632 g/mol. The van der Waals surface area contributed by atoms with Crippen molar-refractivity contribution in [2.45, 2.75) is 91.1 Å². The second kappa shape index (κ2) is 15.1. The molecule has 2 aliphatic rings. The summed E-state index contributed by atoms with van der Waals surface area (Å²) >= 11 is 0. The van der Waals surface area contributed by atoms with E-state index in [0.717, 1.165) is 81.9 Å². The fraction of sp³-hybridized carbons (Fsp3) is 0.579. The number of nitrogens with zero attached hydrogens (tertiary/aromatic N) is 4. The molecule has 0 bridgehead atoms. The van der Waals surface area contributed by atoms with E-state index in [-0.39, 0.29) is 17.7 Å². The highest BCUT2D eigenvalue weighted by atomic mass is 19.1. The molecule has 0 unspecified atom stereocenters. The SMILES string of the molecule is CCCCOc1ccc(Cc2cc(C3CCN(C[C@H]4CN([C@@H](C(=O)O)C(C)(C)C)C[C@@H]4c4cccc(F)c4)CC3)n(CC)n2)cc1. The van der Waals surface area contributed by atoms with Crippen LogP contribution in [0.15, 0.2) is 54.6 Å². The number of carboxylic acid groups (broad SMARTS) is 1. The first-order chi connectivity index (χ1) is 22.0. The van der Waals surface area contributed by atoms with Crippen molar-refractivity contribution in [1.29, 1.82) is 0 Å². The average Bonchev–Trinajstić information content (AvgIpc) is 3.61. The summed E-state index contributed by atoms with van der Waals surface area (Å²) in [4.78, 5) is 17.1. The number of hydrogen-bond acceptors (Lipinski definition) is 5. The maximum absolute atomic E-state index is 14.3. The Bertz CT molecular complexity index is 1420. The van der Waals surface area contributed by atoms with Crippen molar-refractivity contribution >= 4 is 5.97 Å². The summed E-state index contributed by atoms with van der Waals surface area (Å²) in [5, 5.41) is 15.1. The normalized spacial score (nSPS) is 20.7. The molecule has 7 nitrogen and oxygen atoms in total. The van der Waals surface area contributed by atoms with E-state index in [9.17, 15) is 14.3 Å². The molecule has 250 valence electrons. The van der Waals surface area contributed by atoms with Crippen molar-refractivity contribution in [3.8, 4) is 5.75 Å². The van der Waals surface area contributed by atoms with Crippen molar-refractivity contribution in [2.75, 3.05) is 39.3 Å². The molecule has 3 heterocycles. The maximum Gasteiger partial charge on any atom is 0.321 e. The number of piperidine rings is 1. The third kappa shape index (κ3) is 8.37. The lowest BCUT2D eigenvalue weighted by Gasteiger charge is -2.36. The number of halogens is 1. The standard InChI is InChI=1S/C38H53FN4O3/c1-6-8-20-46-33-14-12-27(13-15-33)21-32-23-35(43(7-2)40-32)28-16-18-41(19-17-28)24-30-25-42(36(37(44)45)38(3,4)5)26-34(30)29-10-9-11-31(39)22-29/h9-15,22-23,28,30,34,36H,6-8,16-21,24-26H2,1-5H3,(H,44,45)/t30-,34+,36-/m0/s1. The molecule has 46 heavy (non-hydrogen) atoms. The summed E-state index contributed by atoms with van der Waals surface area (Å²) in [6.07, 6.45) is 5.13. The summed E-state index contributed by atoms with van der Waals surface area (Å²) in [6.45, 7) is 16.1. The third-order valence-corrected chi connectivity index (χ3v) is 9.90. The second-order valence-corrected chi connectivity index (χ2v) is 14.5. The Morgan fingerprint density at radius 2 is 1.80 bits per heavy atom. The zero-order chi connectivity index (χ0) is 32.8. The van der Waals surface area contributed by atoms with Crippen LogP contribution >= 0.6 is 0 Å². The summed E-state index contributed by atoms with van der Waals surface area (Å²) in [5.74, 6) is 0.696. The third-order valence-electron chi connectivity index (χ3n) is 9.90. The van der Waals surface area contributed by atoms with Gasteiger partial charge in [0.25, 0.3) is 0 Å². The van der Waals surface area contributed by atoms with Crippen LogP contribution in [0.1, 0.15) is 94.7 Å². The minimum atomic E-state index is -0.785. The Labute approximate surface area is 274 Å². The van der Waals surface area contributed by atoms with E-state index in [2.05, 4.69) is 58.7 Å². The predicted octanol–water partition coefficient (Wildman–Crippen LogP) is 7.21. The van der Waals surface area contributed by atoms with Gasteiger partial charge in [0.2, 0.25) is 0 Å². The molecule has 2 saturated heterocycles. The molecule has 3 atom stereocenters. The van der Waals surface area contributed by atoms with Crippen LogP contribution in [0.3, 0.4) is 0 Å². The van der Waals surface area contributed by atoms with Crippen molar-refractivity contribution in [1.82, 2.24) is 19.6 Å². The number of likely N-dealkylation sites (tertiary alicyclic amines) is 2. The lowest BCUT2D eigenvalue weighted by Crippen LogP contribution is -2.48. The number of aromatic nitrogens is 2. The fourth-order valence-electron chi connectivity index (χ4n) is 7.63. The van der Waals surface area contributed by atoms with Crippen LogP contribution in [0.4, 0.5) is 4.39 Å². The van der Waals surface area contributed by atoms with Gasteiger partial charge in [-0.3, -0.25) is 14.4 Å². The molecule has 8 heteroatoms. The summed E-state index contributed by atoms with van der Waals surface area (Å²) in [7, 11) is 0. The number of ether oxygens (including phenoxy) is 1. The van der Waals surface area contributed by atoms with Gasteiger partial charge in [0.05, 0.1) is 12.3 Å². The Hall–Kier alpha value is -3.23. The van der Waals surface area contributed by atoms with E-state index < -0.39 is 17.4 Å². The summed E-state index contributed by atoms with van der Waals surface area (Å²) in [6, 6.07) is 17.0. The largest absolute Gasteiger partial charge is 0.494 e. The van der Waals surface area contributed by atoms with Crippen LogP contribution in [0.25, 0.3) is 0 Å². The predicted molar refractivity (Wildman–Crippen MR) is 181 cm³/mol. The smallest absolute Gasteiger partial charge is 0.321 e.